The van der Waals surface area contributed by atoms with E-state index in [1.165, 1.54) is 25.7 Å². The fourth-order valence-corrected chi connectivity index (χ4v) is 4.21. The molecule has 1 fully saturated rings. The van der Waals surface area contributed by atoms with Crippen molar-refractivity contribution in [1.29, 1.82) is 0 Å². The van der Waals surface area contributed by atoms with Gasteiger partial charge in [0.15, 0.2) is 0 Å². The van der Waals surface area contributed by atoms with Gasteiger partial charge in [0.25, 0.3) is 0 Å². The Bertz CT molecular complexity index is 799. The van der Waals surface area contributed by atoms with Gasteiger partial charge < -0.3 is 5.32 Å². The van der Waals surface area contributed by atoms with Gasteiger partial charge in [0.05, 0.1) is 17.1 Å². The minimum Gasteiger partial charge on any atom is -0.307 e. The average Bonchev–Trinajstić information content (AvgIpc) is 2.80. The predicted molar refractivity (Wildman–Crippen MR) is 115 cm³/mol. The van der Waals surface area contributed by atoms with Crippen molar-refractivity contribution in [2.75, 3.05) is 0 Å². The summed E-state index contributed by atoms with van der Waals surface area (Å²) in [5.74, 6) is 0. The van der Waals surface area contributed by atoms with Crippen molar-refractivity contribution in [3.63, 3.8) is 0 Å². The fraction of sp³-hybridized carbons (Fsp3) is 0.375. The monoisotopic (exact) mass is 387 g/mol. The van der Waals surface area contributed by atoms with Crippen LogP contribution in [0, 0.1) is 0 Å². The number of nitrogens with one attached hydrogen (secondary N) is 1. The van der Waals surface area contributed by atoms with Gasteiger partial charge in [-0.05, 0) is 49.2 Å². The zero-order valence-electron chi connectivity index (χ0n) is 16.8. The molecule has 0 bridgehead atoms. The molecule has 1 aliphatic rings. The molecule has 3 aromatic heterocycles. The summed E-state index contributed by atoms with van der Waals surface area (Å²) in [5.41, 5.74) is 3.31. The molecule has 1 N–H and O–H groups in total. The molecule has 150 valence electrons. The molecule has 1 saturated carbocycles. The molecular weight excluding hydrogens is 358 g/mol. The van der Waals surface area contributed by atoms with E-state index in [-0.39, 0.29) is 0 Å². The first-order chi connectivity index (χ1) is 14.4. The lowest BCUT2D eigenvalue weighted by molar-refractivity contribution is 0.103. The second-order valence-corrected chi connectivity index (χ2v) is 7.71. The first-order valence-electron chi connectivity index (χ1n) is 10.6. The van der Waals surface area contributed by atoms with Gasteiger partial charge >= 0.3 is 0 Å². The van der Waals surface area contributed by atoms with E-state index in [0.29, 0.717) is 12.1 Å². The van der Waals surface area contributed by atoms with Crippen molar-refractivity contribution in [2.24, 2.45) is 0 Å². The Morgan fingerprint density at radius 2 is 1.28 bits per heavy atom. The third-order valence-corrected chi connectivity index (χ3v) is 5.65. The van der Waals surface area contributed by atoms with Crippen molar-refractivity contribution in [2.45, 2.75) is 57.4 Å². The summed E-state index contributed by atoms with van der Waals surface area (Å²) in [7, 11) is 0. The van der Waals surface area contributed by atoms with Crippen LogP contribution in [0.15, 0.2) is 73.2 Å². The Morgan fingerprint density at radius 3 is 1.83 bits per heavy atom. The summed E-state index contributed by atoms with van der Waals surface area (Å²) >= 11 is 0. The third-order valence-electron chi connectivity index (χ3n) is 5.65. The van der Waals surface area contributed by atoms with Crippen LogP contribution in [0.2, 0.25) is 0 Å². The van der Waals surface area contributed by atoms with Crippen LogP contribution >= 0.6 is 0 Å². The van der Waals surface area contributed by atoms with Crippen LogP contribution in [-0.4, -0.2) is 31.9 Å². The van der Waals surface area contributed by atoms with Crippen LogP contribution in [0.4, 0.5) is 0 Å². The van der Waals surface area contributed by atoms with E-state index >= 15 is 0 Å². The SMILES string of the molecule is c1ccc(CNC2CCCCC2N(Cc2ccccn2)Cc2ccccn2)nc1. The zero-order valence-corrected chi connectivity index (χ0v) is 16.8. The summed E-state index contributed by atoms with van der Waals surface area (Å²) in [5, 5.41) is 3.80. The van der Waals surface area contributed by atoms with Crippen molar-refractivity contribution in [3.05, 3.63) is 90.3 Å². The molecule has 0 saturated heterocycles. The smallest absolute Gasteiger partial charge is 0.0544 e. The standard InChI is InChI=1S/C24H29N5/c1-2-13-24(23(12-1)28-17-20-9-3-6-14-25-20)29(18-21-10-4-7-15-26-21)19-22-11-5-8-16-27-22/h3-11,14-16,23-24,28H,1-2,12-13,17-19H2. The topological polar surface area (TPSA) is 53.9 Å². The summed E-state index contributed by atoms with van der Waals surface area (Å²) in [6.45, 7) is 2.48. The molecule has 1 aliphatic carbocycles. The zero-order chi connectivity index (χ0) is 19.7. The van der Waals surface area contributed by atoms with Gasteiger partial charge in [-0.1, -0.05) is 31.0 Å². The molecule has 0 aromatic carbocycles. The lowest BCUT2D eigenvalue weighted by atomic mass is 9.88. The van der Waals surface area contributed by atoms with Crippen LogP contribution in [0.1, 0.15) is 42.8 Å². The van der Waals surface area contributed by atoms with Crippen molar-refractivity contribution < 1.29 is 0 Å². The molecule has 3 heterocycles. The summed E-state index contributed by atoms with van der Waals surface area (Å²) in [6, 6.07) is 19.3. The maximum Gasteiger partial charge on any atom is 0.0544 e. The Hall–Kier alpha value is -2.63. The van der Waals surface area contributed by atoms with Gasteiger partial charge in [-0.2, -0.15) is 0 Å². The second kappa shape index (κ2) is 10.2. The summed E-state index contributed by atoms with van der Waals surface area (Å²) in [6.07, 6.45) is 10.6. The van der Waals surface area contributed by atoms with Gasteiger partial charge in [-0.3, -0.25) is 19.9 Å². The summed E-state index contributed by atoms with van der Waals surface area (Å²) in [4.78, 5) is 16.2. The molecule has 0 amide bonds. The molecule has 2 atom stereocenters. The average molecular weight is 388 g/mol. The molecule has 0 aliphatic heterocycles. The Labute approximate surface area is 173 Å². The van der Waals surface area contributed by atoms with E-state index in [9.17, 15) is 0 Å². The second-order valence-electron chi connectivity index (χ2n) is 7.71. The molecule has 3 aromatic rings. The van der Waals surface area contributed by atoms with Gasteiger partial charge in [0.2, 0.25) is 0 Å². The predicted octanol–water partition coefficient (Wildman–Crippen LogP) is 3.97. The number of aromatic nitrogens is 3. The minimum atomic E-state index is 0.443. The first-order valence-corrected chi connectivity index (χ1v) is 10.6. The normalized spacial score (nSPS) is 19.3. The van der Waals surface area contributed by atoms with Crippen molar-refractivity contribution >= 4 is 0 Å². The third kappa shape index (κ3) is 5.68. The van der Waals surface area contributed by atoms with E-state index in [4.69, 9.17) is 0 Å². The number of pyridine rings is 3. The number of hydrogen-bond donors (Lipinski definition) is 1. The molecule has 0 radical (unpaired) electrons. The fourth-order valence-electron chi connectivity index (χ4n) is 4.21. The first kappa shape index (κ1) is 19.7. The molecule has 29 heavy (non-hydrogen) atoms. The minimum absolute atomic E-state index is 0.443. The van der Waals surface area contributed by atoms with Crippen LogP contribution in [0.3, 0.4) is 0 Å². The van der Waals surface area contributed by atoms with Gasteiger partial charge in [0.1, 0.15) is 0 Å². The number of rotatable bonds is 8. The van der Waals surface area contributed by atoms with Gasteiger partial charge in [-0.25, -0.2) is 0 Å². The van der Waals surface area contributed by atoms with Gasteiger partial charge in [0, 0.05) is 50.3 Å². The van der Waals surface area contributed by atoms with E-state index in [2.05, 4.69) is 61.6 Å². The molecule has 0 spiro atoms. The van der Waals surface area contributed by atoms with Crippen LogP contribution in [0.5, 0.6) is 0 Å². The lowest BCUT2D eigenvalue weighted by Gasteiger charge is -2.40. The maximum atomic E-state index is 4.58. The number of hydrogen-bond acceptors (Lipinski definition) is 5. The quantitative estimate of drug-likeness (QED) is 0.634. The Balaban J connectivity index is 1.51. The highest BCUT2D eigenvalue weighted by molar-refractivity contribution is 5.08. The summed E-state index contributed by atoms with van der Waals surface area (Å²) < 4.78 is 0. The molecular formula is C24H29N5. The number of nitrogens with zero attached hydrogens (tertiary/aromatic N) is 4. The lowest BCUT2D eigenvalue weighted by Crippen LogP contribution is -2.51. The van der Waals surface area contributed by atoms with E-state index < -0.39 is 0 Å². The Morgan fingerprint density at radius 1 is 0.724 bits per heavy atom. The molecule has 2 unspecified atom stereocenters. The largest absolute Gasteiger partial charge is 0.307 e. The van der Waals surface area contributed by atoms with Gasteiger partial charge in [-0.15, -0.1) is 0 Å². The highest BCUT2D eigenvalue weighted by Gasteiger charge is 2.30. The highest BCUT2D eigenvalue weighted by Crippen LogP contribution is 2.26. The molecule has 5 heteroatoms. The van der Waals surface area contributed by atoms with E-state index in [0.717, 1.165) is 36.7 Å². The molecule has 5 nitrogen and oxygen atoms in total. The van der Waals surface area contributed by atoms with Crippen LogP contribution < -0.4 is 5.32 Å². The van der Waals surface area contributed by atoms with E-state index in [1.807, 2.05) is 36.8 Å². The van der Waals surface area contributed by atoms with Crippen molar-refractivity contribution in [1.82, 2.24) is 25.2 Å². The molecule has 4 rings (SSSR count). The van der Waals surface area contributed by atoms with Crippen LogP contribution in [0.25, 0.3) is 0 Å². The van der Waals surface area contributed by atoms with Crippen LogP contribution in [-0.2, 0) is 19.6 Å². The van der Waals surface area contributed by atoms with E-state index in [1.54, 1.807) is 0 Å². The maximum absolute atomic E-state index is 4.58. The highest BCUT2D eigenvalue weighted by atomic mass is 15.2. The van der Waals surface area contributed by atoms with Crippen molar-refractivity contribution in [3.8, 4) is 0 Å². The Kier molecular flexibility index (Phi) is 6.94.